The first-order valence-corrected chi connectivity index (χ1v) is 9.83. The molecule has 2 heterocycles. The highest BCUT2D eigenvalue weighted by molar-refractivity contribution is 5.37. The molecule has 4 rings (SSSR count). The third-order valence-corrected chi connectivity index (χ3v) is 5.00. The van der Waals surface area contributed by atoms with Gasteiger partial charge in [-0.25, -0.2) is 9.97 Å². The van der Waals surface area contributed by atoms with Crippen molar-refractivity contribution in [2.75, 3.05) is 0 Å². The van der Waals surface area contributed by atoms with Crippen molar-refractivity contribution in [2.24, 2.45) is 5.92 Å². The van der Waals surface area contributed by atoms with Crippen LogP contribution in [-0.2, 0) is 6.61 Å². The summed E-state index contributed by atoms with van der Waals surface area (Å²) in [5.74, 6) is 8.25. The fraction of sp³-hybridized carbons (Fsp3) is 0.292. The van der Waals surface area contributed by atoms with E-state index in [4.69, 9.17) is 4.74 Å². The van der Waals surface area contributed by atoms with Gasteiger partial charge in [-0.05, 0) is 56.5 Å². The molecule has 1 fully saturated rings. The average Bonchev–Trinajstić information content (AvgIpc) is 3.56. The molecule has 0 saturated heterocycles. The standard InChI is InChI=1S/C24H23N3O2/c1-17-14-20(7-6-19-4-5-19)15-24(28)27(17)18(2)21-8-10-22(11-9-21)29-16-23-25-12-3-13-26-23/h3,8-15,18-19H,4-5,16H2,1-2H3. The lowest BCUT2D eigenvalue weighted by Crippen LogP contribution is -2.25. The molecule has 0 N–H and O–H groups in total. The normalized spacial score (nSPS) is 14.0. The number of nitrogens with zero attached hydrogens (tertiary/aromatic N) is 3. The Kier molecular flexibility index (Phi) is 5.44. The molecule has 29 heavy (non-hydrogen) atoms. The average molecular weight is 385 g/mol. The van der Waals surface area contributed by atoms with E-state index in [-0.39, 0.29) is 11.6 Å². The third-order valence-electron chi connectivity index (χ3n) is 5.00. The number of rotatable bonds is 5. The Labute approximate surface area is 170 Å². The fourth-order valence-corrected chi connectivity index (χ4v) is 3.24. The highest BCUT2D eigenvalue weighted by Crippen LogP contribution is 2.27. The summed E-state index contributed by atoms with van der Waals surface area (Å²) in [6.07, 6.45) is 5.75. The van der Waals surface area contributed by atoms with Gasteiger partial charge in [0.15, 0.2) is 5.82 Å². The van der Waals surface area contributed by atoms with Crippen LogP contribution in [-0.4, -0.2) is 14.5 Å². The zero-order valence-corrected chi connectivity index (χ0v) is 16.6. The number of aromatic nitrogens is 3. The van der Waals surface area contributed by atoms with Gasteiger partial charge in [-0.15, -0.1) is 0 Å². The van der Waals surface area contributed by atoms with Crippen molar-refractivity contribution in [2.45, 2.75) is 39.3 Å². The fourth-order valence-electron chi connectivity index (χ4n) is 3.24. The van der Waals surface area contributed by atoms with E-state index in [0.717, 1.165) is 22.6 Å². The molecular weight excluding hydrogens is 362 g/mol. The minimum atomic E-state index is -0.0838. The van der Waals surface area contributed by atoms with Gasteiger partial charge in [0.2, 0.25) is 0 Å². The van der Waals surface area contributed by atoms with E-state index < -0.39 is 0 Å². The summed E-state index contributed by atoms with van der Waals surface area (Å²) in [4.78, 5) is 21.0. The van der Waals surface area contributed by atoms with Crippen LogP contribution in [0.2, 0.25) is 0 Å². The zero-order chi connectivity index (χ0) is 20.2. The predicted molar refractivity (Wildman–Crippen MR) is 112 cm³/mol. The van der Waals surface area contributed by atoms with Crippen molar-refractivity contribution in [1.82, 2.24) is 14.5 Å². The third kappa shape index (κ3) is 4.72. The number of benzene rings is 1. The largest absolute Gasteiger partial charge is 0.486 e. The summed E-state index contributed by atoms with van der Waals surface area (Å²) < 4.78 is 7.54. The molecule has 1 unspecified atom stereocenters. The number of hydrogen-bond donors (Lipinski definition) is 0. The van der Waals surface area contributed by atoms with Gasteiger partial charge in [-0.2, -0.15) is 0 Å². The van der Waals surface area contributed by atoms with Crippen LogP contribution in [0.3, 0.4) is 0 Å². The van der Waals surface area contributed by atoms with Gasteiger partial charge in [0, 0.05) is 35.6 Å². The van der Waals surface area contributed by atoms with Crippen LogP contribution in [0.25, 0.3) is 0 Å². The Morgan fingerprint density at radius 3 is 2.55 bits per heavy atom. The van der Waals surface area contributed by atoms with E-state index >= 15 is 0 Å². The Morgan fingerprint density at radius 1 is 1.17 bits per heavy atom. The monoisotopic (exact) mass is 385 g/mol. The summed E-state index contributed by atoms with van der Waals surface area (Å²) >= 11 is 0. The molecule has 1 atom stereocenters. The van der Waals surface area contributed by atoms with Crippen LogP contribution in [0.15, 0.2) is 59.7 Å². The van der Waals surface area contributed by atoms with Crippen molar-refractivity contribution >= 4 is 0 Å². The first-order chi connectivity index (χ1) is 14.1. The molecule has 0 aliphatic heterocycles. The lowest BCUT2D eigenvalue weighted by molar-refractivity contribution is 0.295. The van der Waals surface area contributed by atoms with Gasteiger partial charge in [-0.1, -0.05) is 24.0 Å². The molecule has 0 spiro atoms. The van der Waals surface area contributed by atoms with Gasteiger partial charge < -0.3 is 9.30 Å². The van der Waals surface area contributed by atoms with E-state index in [1.165, 1.54) is 12.8 Å². The first-order valence-electron chi connectivity index (χ1n) is 9.83. The second-order valence-corrected chi connectivity index (χ2v) is 7.34. The predicted octanol–water partition coefficient (Wildman–Crippen LogP) is 3.90. The lowest BCUT2D eigenvalue weighted by atomic mass is 10.1. The highest BCUT2D eigenvalue weighted by Gasteiger charge is 2.18. The van der Waals surface area contributed by atoms with E-state index in [0.29, 0.717) is 18.3 Å². The van der Waals surface area contributed by atoms with Gasteiger partial charge in [-0.3, -0.25) is 4.79 Å². The summed E-state index contributed by atoms with van der Waals surface area (Å²) in [7, 11) is 0. The molecule has 5 heteroatoms. The van der Waals surface area contributed by atoms with Crippen molar-refractivity contribution in [3.63, 3.8) is 0 Å². The maximum atomic E-state index is 12.7. The van der Waals surface area contributed by atoms with Crippen LogP contribution in [0, 0.1) is 24.7 Å². The van der Waals surface area contributed by atoms with Crippen molar-refractivity contribution in [1.29, 1.82) is 0 Å². The second-order valence-electron chi connectivity index (χ2n) is 7.34. The summed E-state index contributed by atoms with van der Waals surface area (Å²) in [5.41, 5.74) is 2.72. The highest BCUT2D eigenvalue weighted by atomic mass is 16.5. The van der Waals surface area contributed by atoms with E-state index in [9.17, 15) is 4.79 Å². The van der Waals surface area contributed by atoms with Gasteiger partial charge >= 0.3 is 0 Å². The molecule has 5 nitrogen and oxygen atoms in total. The van der Waals surface area contributed by atoms with Gasteiger partial charge in [0.25, 0.3) is 5.56 Å². The maximum Gasteiger partial charge on any atom is 0.252 e. The molecule has 3 aromatic rings. The zero-order valence-electron chi connectivity index (χ0n) is 16.6. The topological polar surface area (TPSA) is 57.0 Å². The second kappa shape index (κ2) is 8.32. The molecule has 1 saturated carbocycles. The molecule has 1 aliphatic rings. The lowest BCUT2D eigenvalue weighted by Gasteiger charge is -2.19. The molecule has 1 aromatic carbocycles. The van der Waals surface area contributed by atoms with Gasteiger partial charge in [0.1, 0.15) is 12.4 Å². The molecule has 0 bridgehead atoms. The molecule has 2 aromatic heterocycles. The Bertz CT molecular complexity index is 1100. The van der Waals surface area contributed by atoms with Crippen LogP contribution in [0.5, 0.6) is 5.75 Å². The van der Waals surface area contributed by atoms with E-state index in [1.807, 2.05) is 44.2 Å². The van der Waals surface area contributed by atoms with E-state index in [2.05, 4.69) is 21.8 Å². The smallest absolute Gasteiger partial charge is 0.252 e. The van der Waals surface area contributed by atoms with E-state index in [1.54, 1.807) is 29.1 Å². The number of aryl methyl sites for hydroxylation is 1. The van der Waals surface area contributed by atoms with Crippen molar-refractivity contribution in [3.8, 4) is 17.6 Å². The Balaban J connectivity index is 1.48. The summed E-state index contributed by atoms with van der Waals surface area (Å²) in [5, 5.41) is 0. The van der Waals surface area contributed by atoms with Crippen LogP contribution in [0.4, 0.5) is 0 Å². The molecule has 1 aliphatic carbocycles. The molecular formula is C24H23N3O2. The minimum absolute atomic E-state index is 0.0286. The van der Waals surface area contributed by atoms with Gasteiger partial charge in [0.05, 0.1) is 6.04 Å². The molecule has 146 valence electrons. The van der Waals surface area contributed by atoms with Crippen molar-refractivity contribution < 1.29 is 4.74 Å². The minimum Gasteiger partial charge on any atom is -0.486 e. The van der Waals surface area contributed by atoms with Crippen molar-refractivity contribution in [3.05, 3.63) is 87.9 Å². The summed E-state index contributed by atoms with van der Waals surface area (Å²) in [6, 6.07) is 13.1. The Morgan fingerprint density at radius 2 is 1.90 bits per heavy atom. The SMILES string of the molecule is Cc1cc(C#CC2CC2)cc(=O)n1C(C)c1ccc(OCc2ncccn2)cc1. The van der Waals surface area contributed by atoms with Crippen LogP contribution >= 0.6 is 0 Å². The number of hydrogen-bond acceptors (Lipinski definition) is 4. The molecule has 0 amide bonds. The maximum absolute atomic E-state index is 12.7. The van der Waals surface area contributed by atoms with Crippen LogP contribution < -0.4 is 10.3 Å². The number of pyridine rings is 1. The number of ether oxygens (including phenoxy) is 1. The summed E-state index contributed by atoms with van der Waals surface area (Å²) in [6.45, 7) is 4.30. The van der Waals surface area contributed by atoms with Crippen LogP contribution in [0.1, 0.15) is 48.5 Å². The first kappa shape index (κ1) is 18.9. The molecule has 0 radical (unpaired) electrons. The quantitative estimate of drug-likeness (QED) is 0.625. The Hall–Kier alpha value is -3.39.